The van der Waals surface area contributed by atoms with Crippen molar-refractivity contribution in [3.63, 3.8) is 0 Å². The normalized spacial score (nSPS) is 12.4. The zero-order valence-electron chi connectivity index (χ0n) is 15.3. The molecule has 0 saturated carbocycles. The Balaban J connectivity index is 2.09. The van der Waals surface area contributed by atoms with Crippen molar-refractivity contribution in [1.29, 1.82) is 0 Å². The minimum absolute atomic E-state index is 0.0341. The van der Waals surface area contributed by atoms with Gasteiger partial charge in [-0.25, -0.2) is 9.59 Å². The summed E-state index contributed by atoms with van der Waals surface area (Å²) in [7, 11) is 2.99. The molecule has 1 aromatic heterocycles. The third-order valence-corrected chi connectivity index (χ3v) is 6.01. The molecular weight excluding hydrogens is 425 g/mol. The van der Waals surface area contributed by atoms with Crippen LogP contribution in [0.1, 0.15) is 16.8 Å². The first kappa shape index (κ1) is 20.7. The quantitative estimate of drug-likeness (QED) is 0.716. The largest absolute Gasteiger partial charge is 0.445 e. The van der Waals surface area contributed by atoms with E-state index in [1.54, 1.807) is 23.9 Å². The van der Waals surface area contributed by atoms with Gasteiger partial charge in [-0.1, -0.05) is 29.3 Å². The number of fused-ring (bicyclic) bond motifs is 1. The van der Waals surface area contributed by atoms with Crippen molar-refractivity contribution >= 4 is 47.2 Å². The fourth-order valence-corrected chi connectivity index (χ4v) is 4.42. The van der Waals surface area contributed by atoms with E-state index in [1.165, 1.54) is 14.1 Å². The number of rotatable bonds is 5. The van der Waals surface area contributed by atoms with Gasteiger partial charge in [-0.05, 0) is 12.1 Å². The first-order valence-corrected chi connectivity index (χ1v) is 10.3. The van der Waals surface area contributed by atoms with Gasteiger partial charge in [0.25, 0.3) is 0 Å². The molecule has 2 aromatic rings. The zero-order chi connectivity index (χ0) is 20.3. The van der Waals surface area contributed by atoms with Gasteiger partial charge in [-0.15, -0.1) is 11.8 Å². The molecule has 1 aliphatic heterocycles. The van der Waals surface area contributed by atoms with Crippen LogP contribution < -0.4 is 10.6 Å². The molecule has 7 nitrogen and oxygen atoms in total. The molecule has 10 heteroatoms. The molecule has 0 spiro atoms. The number of ether oxygens (including phenoxy) is 2. The summed E-state index contributed by atoms with van der Waals surface area (Å²) in [6, 6.07) is 5.38. The maximum atomic E-state index is 11.7. The SMILES string of the molecule is CNC(=O)OCc1c(COC(=O)NC)c(-c2ccc(Cl)c(Cl)c2)n2c1CSC2. The van der Waals surface area contributed by atoms with Gasteiger partial charge in [0.15, 0.2) is 0 Å². The molecule has 3 rings (SSSR count). The standard InChI is InChI=1S/C18H19Cl2N3O4S/c1-21-17(24)26-6-11-12(7-27-18(25)22-2)16(23-9-28-8-15(11)23)10-3-4-13(19)14(20)5-10/h3-5H,6-9H2,1-2H3,(H,21,24)(H,22,25). The Labute approximate surface area is 176 Å². The summed E-state index contributed by atoms with van der Waals surface area (Å²) in [5.74, 6) is 1.50. The Hall–Kier alpha value is -2.03. The van der Waals surface area contributed by atoms with Gasteiger partial charge >= 0.3 is 12.2 Å². The van der Waals surface area contributed by atoms with Crippen molar-refractivity contribution in [1.82, 2.24) is 15.2 Å². The van der Waals surface area contributed by atoms with Crippen LogP contribution in [0.25, 0.3) is 11.3 Å². The molecule has 28 heavy (non-hydrogen) atoms. The lowest BCUT2D eigenvalue weighted by Gasteiger charge is -2.12. The molecule has 0 atom stereocenters. The fraction of sp³-hybridized carbons (Fsp3) is 0.333. The fourth-order valence-electron chi connectivity index (χ4n) is 3.04. The maximum Gasteiger partial charge on any atom is 0.407 e. The van der Waals surface area contributed by atoms with E-state index >= 15 is 0 Å². The molecule has 0 unspecified atom stereocenters. The van der Waals surface area contributed by atoms with Crippen molar-refractivity contribution in [2.75, 3.05) is 14.1 Å². The van der Waals surface area contributed by atoms with Crippen molar-refractivity contribution in [2.24, 2.45) is 0 Å². The lowest BCUT2D eigenvalue weighted by atomic mass is 10.0. The Bertz CT molecular complexity index is 917. The number of amides is 2. The molecule has 0 fully saturated rings. The van der Waals surface area contributed by atoms with Crippen LogP contribution in [0.3, 0.4) is 0 Å². The molecule has 0 bridgehead atoms. The van der Waals surface area contributed by atoms with E-state index in [4.69, 9.17) is 32.7 Å². The number of nitrogens with zero attached hydrogens (tertiary/aromatic N) is 1. The number of hydrogen-bond donors (Lipinski definition) is 2. The second-order valence-corrected chi connectivity index (χ2v) is 7.71. The Kier molecular flexibility index (Phi) is 6.64. The number of hydrogen-bond acceptors (Lipinski definition) is 5. The highest BCUT2D eigenvalue weighted by Crippen LogP contribution is 2.41. The predicted octanol–water partition coefficient (Wildman–Crippen LogP) is 4.38. The number of carbonyl (C=O) groups is 2. The van der Waals surface area contributed by atoms with E-state index in [0.717, 1.165) is 39.7 Å². The van der Waals surface area contributed by atoms with Crippen LogP contribution >= 0.6 is 35.0 Å². The molecule has 0 aliphatic carbocycles. The van der Waals surface area contributed by atoms with E-state index in [-0.39, 0.29) is 13.2 Å². The van der Waals surface area contributed by atoms with Crippen LogP contribution in [0.4, 0.5) is 9.59 Å². The van der Waals surface area contributed by atoms with E-state index in [1.807, 2.05) is 6.07 Å². The molecule has 2 N–H and O–H groups in total. The van der Waals surface area contributed by atoms with Gasteiger partial charge in [0.05, 0.1) is 21.6 Å². The summed E-state index contributed by atoms with van der Waals surface area (Å²) in [4.78, 5) is 23.2. The van der Waals surface area contributed by atoms with Crippen molar-refractivity contribution in [3.05, 3.63) is 45.1 Å². The third-order valence-electron chi connectivity index (χ3n) is 4.35. The van der Waals surface area contributed by atoms with Crippen LogP contribution in [-0.4, -0.2) is 30.8 Å². The molecule has 1 aliphatic rings. The number of nitrogens with one attached hydrogen (secondary N) is 2. The van der Waals surface area contributed by atoms with E-state index < -0.39 is 12.2 Å². The second kappa shape index (κ2) is 8.98. The highest BCUT2D eigenvalue weighted by Gasteiger charge is 2.28. The summed E-state index contributed by atoms with van der Waals surface area (Å²) < 4.78 is 12.7. The highest BCUT2D eigenvalue weighted by molar-refractivity contribution is 7.97. The maximum absolute atomic E-state index is 11.7. The number of halogens is 2. The van der Waals surface area contributed by atoms with Gasteiger partial charge in [-0.3, -0.25) is 0 Å². The summed E-state index contributed by atoms with van der Waals surface area (Å²) in [5.41, 5.74) is 4.36. The molecule has 0 saturated heterocycles. The van der Waals surface area contributed by atoms with E-state index in [0.29, 0.717) is 10.0 Å². The number of thioether (sulfide) groups is 1. The number of aromatic nitrogens is 1. The minimum Gasteiger partial charge on any atom is -0.445 e. The Morgan fingerprint density at radius 3 is 2.32 bits per heavy atom. The van der Waals surface area contributed by atoms with E-state index in [9.17, 15) is 9.59 Å². The summed E-state index contributed by atoms with van der Waals surface area (Å²) in [6.45, 7) is 0.107. The third kappa shape index (κ3) is 4.19. The van der Waals surface area contributed by atoms with Crippen LogP contribution in [0.2, 0.25) is 10.0 Å². The first-order valence-electron chi connectivity index (χ1n) is 8.41. The Morgan fingerprint density at radius 2 is 1.71 bits per heavy atom. The average molecular weight is 444 g/mol. The van der Waals surface area contributed by atoms with Gasteiger partial charge in [0, 0.05) is 42.2 Å². The number of benzene rings is 1. The molecule has 1 aromatic carbocycles. The molecule has 0 radical (unpaired) electrons. The van der Waals surface area contributed by atoms with Gasteiger partial charge in [0.2, 0.25) is 0 Å². The van der Waals surface area contributed by atoms with Crippen LogP contribution in [0, 0.1) is 0 Å². The molecule has 2 amide bonds. The van der Waals surface area contributed by atoms with Gasteiger partial charge in [0.1, 0.15) is 13.2 Å². The van der Waals surface area contributed by atoms with Crippen molar-refractivity contribution in [3.8, 4) is 11.3 Å². The van der Waals surface area contributed by atoms with Crippen LogP contribution in [0.15, 0.2) is 18.2 Å². The zero-order valence-corrected chi connectivity index (χ0v) is 17.6. The molecule has 2 heterocycles. The smallest absolute Gasteiger partial charge is 0.407 e. The van der Waals surface area contributed by atoms with E-state index in [2.05, 4.69) is 15.2 Å². The lowest BCUT2D eigenvalue weighted by molar-refractivity contribution is 0.134. The van der Waals surface area contributed by atoms with Crippen molar-refractivity contribution in [2.45, 2.75) is 24.8 Å². The number of carbonyl (C=O) groups excluding carboxylic acids is 2. The molecule has 150 valence electrons. The minimum atomic E-state index is -0.543. The molecular formula is C18H19Cl2N3O4S. The lowest BCUT2D eigenvalue weighted by Crippen LogP contribution is -2.20. The summed E-state index contributed by atoms with van der Waals surface area (Å²) in [6.07, 6.45) is -1.07. The topological polar surface area (TPSA) is 81.6 Å². The highest BCUT2D eigenvalue weighted by atomic mass is 35.5. The van der Waals surface area contributed by atoms with Gasteiger partial charge in [-0.2, -0.15) is 0 Å². The van der Waals surface area contributed by atoms with Gasteiger partial charge < -0.3 is 24.7 Å². The first-order chi connectivity index (χ1) is 13.5. The average Bonchev–Trinajstić information content (AvgIpc) is 3.26. The van der Waals surface area contributed by atoms with Crippen LogP contribution in [-0.2, 0) is 34.3 Å². The Morgan fingerprint density at radius 1 is 1.07 bits per heavy atom. The summed E-state index contributed by atoms with van der Waals surface area (Å²) >= 11 is 14.0. The number of alkyl carbamates (subject to hydrolysis) is 2. The predicted molar refractivity (Wildman–Crippen MR) is 110 cm³/mol. The summed E-state index contributed by atoms with van der Waals surface area (Å²) in [5, 5.41) is 5.76. The van der Waals surface area contributed by atoms with Crippen molar-refractivity contribution < 1.29 is 19.1 Å². The van der Waals surface area contributed by atoms with Crippen LogP contribution in [0.5, 0.6) is 0 Å². The second-order valence-electron chi connectivity index (χ2n) is 5.94. The monoisotopic (exact) mass is 443 g/mol.